The second-order valence-corrected chi connectivity index (χ2v) is 6.44. The molecule has 17 heavy (non-hydrogen) atoms. The standard InChI is InChI=1S/C14H25BO2/c1-13(2)14(3,4)17-15(16-13)11-7-10-12-8-5-6-9-12/h7,11-12H,5-6,8-10H2,1-4H3. The first-order chi connectivity index (χ1) is 7.91. The second kappa shape index (κ2) is 4.77. The lowest BCUT2D eigenvalue weighted by Crippen LogP contribution is -2.41. The first-order valence-electron chi connectivity index (χ1n) is 6.93. The molecule has 1 saturated carbocycles. The molecule has 0 bridgehead atoms. The van der Waals surface area contributed by atoms with Gasteiger partial charge in [0.2, 0.25) is 0 Å². The van der Waals surface area contributed by atoms with Crippen molar-refractivity contribution in [1.29, 1.82) is 0 Å². The maximum atomic E-state index is 5.92. The van der Waals surface area contributed by atoms with Gasteiger partial charge in [-0.25, -0.2) is 0 Å². The lowest BCUT2D eigenvalue weighted by Gasteiger charge is -2.32. The topological polar surface area (TPSA) is 18.5 Å². The largest absolute Gasteiger partial charge is 0.486 e. The predicted molar refractivity (Wildman–Crippen MR) is 71.8 cm³/mol. The van der Waals surface area contributed by atoms with E-state index in [0.29, 0.717) is 0 Å². The van der Waals surface area contributed by atoms with Crippen LogP contribution < -0.4 is 0 Å². The van der Waals surface area contributed by atoms with E-state index >= 15 is 0 Å². The van der Waals surface area contributed by atoms with Crippen molar-refractivity contribution in [3.63, 3.8) is 0 Å². The molecule has 0 aromatic heterocycles. The number of rotatable bonds is 3. The maximum absolute atomic E-state index is 5.92. The molecule has 1 heterocycles. The van der Waals surface area contributed by atoms with E-state index in [-0.39, 0.29) is 18.3 Å². The highest BCUT2D eigenvalue weighted by atomic mass is 16.7. The van der Waals surface area contributed by atoms with E-state index in [4.69, 9.17) is 9.31 Å². The van der Waals surface area contributed by atoms with Crippen LogP contribution in [0.5, 0.6) is 0 Å². The molecule has 2 nitrogen and oxygen atoms in total. The minimum atomic E-state index is -0.213. The van der Waals surface area contributed by atoms with Crippen LogP contribution in [0.25, 0.3) is 0 Å². The van der Waals surface area contributed by atoms with Crippen LogP contribution in [0.3, 0.4) is 0 Å². The van der Waals surface area contributed by atoms with Gasteiger partial charge in [0.05, 0.1) is 11.2 Å². The Morgan fingerprint density at radius 2 is 1.59 bits per heavy atom. The summed E-state index contributed by atoms with van der Waals surface area (Å²) in [4.78, 5) is 0. The van der Waals surface area contributed by atoms with Crippen LogP contribution in [0.2, 0.25) is 0 Å². The molecule has 3 heteroatoms. The Morgan fingerprint density at radius 3 is 2.12 bits per heavy atom. The van der Waals surface area contributed by atoms with Crippen molar-refractivity contribution < 1.29 is 9.31 Å². The lowest BCUT2D eigenvalue weighted by molar-refractivity contribution is 0.00578. The minimum Gasteiger partial charge on any atom is -0.400 e. The van der Waals surface area contributed by atoms with Crippen LogP contribution in [0, 0.1) is 5.92 Å². The van der Waals surface area contributed by atoms with Crippen LogP contribution in [0.15, 0.2) is 12.1 Å². The SMILES string of the molecule is CC1(C)OB(C=CCC2CCCC2)OC1(C)C. The fraction of sp³-hybridized carbons (Fsp3) is 0.857. The van der Waals surface area contributed by atoms with Gasteiger partial charge in [0.15, 0.2) is 0 Å². The van der Waals surface area contributed by atoms with Crippen LogP contribution >= 0.6 is 0 Å². The normalized spacial score (nSPS) is 28.4. The Labute approximate surface area is 106 Å². The quantitative estimate of drug-likeness (QED) is 0.694. The summed E-state index contributed by atoms with van der Waals surface area (Å²) in [6.07, 6.45) is 9.05. The van der Waals surface area contributed by atoms with Gasteiger partial charge in [-0.15, -0.1) is 0 Å². The highest BCUT2D eigenvalue weighted by Crippen LogP contribution is 2.37. The summed E-state index contributed by atoms with van der Waals surface area (Å²) < 4.78 is 11.8. The summed E-state index contributed by atoms with van der Waals surface area (Å²) >= 11 is 0. The highest BCUT2D eigenvalue weighted by Gasteiger charge is 2.49. The Hall–Kier alpha value is -0.275. The molecule has 0 atom stereocenters. The van der Waals surface area contributed by atoms with Crippen molar-refractivity contribution in [1.82, 2.24) is 0 Å². The zero-order chi connectivity index (χ0) is 12.5. The molecular formula is C14H25BO2. The van der Waals surface area contributed by atoms with Crippen molar-refractivity contribution in [3.8, 4) is 0 Å². The molecule has 96 valence electrons. The average molecular weight is 236 g/mol. The van der Waals surface area contributed by atoms with Gasteiger partial charge in [-0.2, -0.15) is 0 Å². The van der Waals surface area contributed by atoms with Crippen LogP contribution in [-0.2, 0) is 9.31 Å². The van der Waals surface area contributed by atoms with Gasteiger partial charge in [0.25, 0.3) is 0 Å². The molecule has 2 fully saturated rings. The molecule has 2 rings (SSSR count). The van der Waals surface area contributed by atoms with Gasteiger partial charge in [-0.1, -0.05) is 37.7 Å². The summed E-state index contributed by atoms with van der Waals surface area (Å²) in [7, 11) is -0.165. The van der Waals surface area contributed by atoms with Crippen molar-refractivity contribution >= 4 is 7.12 Å². The molecule has 0 spiro atoms. The van der Waals surface area contributed by atoms with E-state index in [1.807, 2.05) is 0 Å². The summed E-state index contributed by atoms with van der Waals surface area (Å²) in [5.74, 6) is 2.99. The summed E-state index contributed by atoms with van der Waals surface area (Å²) in [5, 5.41) is 0. The first kappa shape index (κ1) is 13.2. The molecule has 1 aliphatic heterocycles. The lowest BCUT2D eigenvalue weighted by atomic mass is 9.88. The van der Waals surface area contributed by atoms with Gasteiger partial charge in [-0.05, 0) is 40.0 Å². The van der Waals surface area contributed by atoms with Crippen molar-refractivity contribution in [2.75, 3.05) is 0 Å². The minimum absolute atomic E-state index is 0.165. The maximum Gasteiger partial charge on any atom is 0.486 e. The molecule has 0 amide bonds. The van der Waals surface area contributed by atoms with Gasteiger partial charge in [0, 0.05) is 0 Å². The van der Waals surface area contributed by atoms with Gasteiger partial charge >= 0.3 is 7.12 Å². The smallest absolute Gasteiger partial charge is 0.400 e. The fourth-order valence-corrected chi connectivity index (χ4v) is 2.60. The molecule has 0 radical (unpaired) electrons. The number of allylic oxidation sites excluding steroid dienone is 1. The number of hydrogen-bond acceptors (Lipinski definition) is 2. The molecule has 0 unspecified atom stereocenters. The van der Waals surface area contributed by atoms with E-state index in [0.717, 1.165) is 5.92 Å². The monoisotopic (exact) mass is 236 g/mol. The van der Waals surface area contributed by atoms with Gasteiger partial charge in [0.1, 0.15) is 0 Å². The third kappa shape index (κ3) is 2.94. The zero-order valence-electron chi connectivity index (χ0n) is 11.7. The van der Waals surface area contributed by atoms with E-state index in [2.05, 4.69) is 39.7 Å². The molecule has 0 aromatic rings. The summed E-state index contributed by atoms with van der Waals surface area (Å²) in [5.41, 5.74) is -0.426. The second-order valence-electron chi connectivity index (χ2n) is 6.44. The van der Waals surface area contributed by atoms with Crippen LogP contribution in [0.1, 0.15) is 59.8 Å². The summed E-state index contributed by atoms with van der Waals surface area (Å²) in [6.45, 7) is 8.38. The highest BCUT2D eigenvalue weighted by molar-refractivity contribution is 6.51. The van der Waals surface area contributed by atoms with Crippen molar-refractivity contribution in [2.45, 2.75) is 71.0 Å². The first-order valence-corrected chi connectivity index (χ1v) is 6.93. The molecule has 0 aromatic carbocycles. The van der Waals surface area contributed by atoms with E-state index in [1.165, 1.54) is 32.1 Å². The predicted octanol–water partition coefficient (Wildman–Crippen LogP) is 3.75. The Bertz CT molecular complexity index is 275. The Balaban J connectivity index is 1.82. The zero-order valence-corrected chi connectivity index (χ0v) is 11.7. The van der Waals surface area contributed by atoms with Gasteiger partial charge < -0.3 is 9.31 Å². The van der Waals surface area contributed by atoms with Crippen LogP contribution in [0.4, 0.5) is 0 Å². The Kier molecular flexibility index (Phi) is 3.70. The third-order valence-electron chi connectivity index (χ3n) is 4.51. The fourth-order valence-electron chi connectivity index (χ4n) is 2.60. The van der Waals surface area contributed by atoms with Crippen molar-refractivity contribution in [3.05, 3.63) is 12.1 Å². The molecule has 1 saturated heterocycles. The number of hydrogen-bond donors (Lipinski definition) is 0. The van der Waals surface area contributed by atoms with E-state index in [9.17, 15) is 0 Å². The van der Waals surface area contributed by atoms with E-state index < -0.39 is 0 Å². The molecule has 2 aliphatic rings. The molecule has 0 N–H and O–H groups in total. The Morgan fingerprint density at radius 1 is 1.06 bits per heavy atom. The average Bonchev–Trinajstić information content (AvgIpc) is 2.74. The van der Waals surface area contributed by atoms with Crippen LogP contribution in [-0.4, -0.2) is 18.3 Å². The summed E-state index contributed by atoms with van der Waals surface area (Å²) in [6, 6.07) is 0. The molecule has 1 aliphatic carbocycles. The third-order valence-corrected chi connectivity index (χ3v) is 4.51. The van der Waals surface area contributed by atoms with Gasteiger partial charge in [-0.3, -0.25) is 0 Å². The van der Waals surface area contributed by atoms with Crippen molar-refractivity contribution in [2.24, 2.45) is 5.92 Å². The van der Waals surface area contributed by atoms with E-state index in [1.54, 1.807) is 0 Å². The molecular weight excluding hydrogens is 211 g/mol.